The molecule has 0 radical (unpaired) electrons. The predicted molar refractivity (Wildman–Crippen MR) is 112 cm³/mol. The highest BCUT2D eigenvalue weighted by Crippen LogP contribution is 2.29. The van der Waals surface area contributed by atoms with Gasteiger partial charge in [-0.25, -0.2) is 4.98 Å². The molecule has 2 N–H and O–H groups in total. The lowest BCUT2D eigenvalue weighted by Gasteiger charge is -2.24. The van der Waals surface area contributed by atoms with Crippen LogP contribution >= 0.6 is 22.7 Å². The number of benzene rings is 1. The Morgan fingerprint density at radius 1 is 1.11 bits per heavy atom. The van der Waals surface area contributed by atoms with Gasteiger partial charge in [-0.3, -0.25) is 9.59 Å². The second kappa shape index (κ2) is 8.02. The summed E-state index contributed by atoms with van der Waals surface area (Å²) in [6.45, 7) is 6.00. The average molecular weight is 400 g/mol. The van der Waals surface area contributed by atoms with Gasteiger partial charge in [0.05, 0.1) is 11.1 Å². The lowest BCUT2D eigenvalue weighted by atomic mass is 10.0. The molecule has 2 amide bonds. The molecule has 1 aromatic carbocycles. The highest BCUT2D eigenvalue weighted by atomic mass is 32.1. The standard InChI is InChI=1S/C20H21N3O2S2/c1-4-20(2,3)23-17(24)13-7-9-14(10-8-13)22-18(25)16-12-21-19(27-16)15-6-5-11-26-15/h5-12H,4H2,1-3H3,(H,22,25)(H,23,24). The van der Waals surface area contributed by atoms with Crippen LogP contribution in [0.4, 0.5) is 5.69 Å². The van der Waals surface area contributed by atoms with E-state index in [4.69, 9.17) is 0 Å². The molecule has 0 fully saturated rings. The van der Waals surface area contributed by atoms with E-state index in [0.29, 0.717) is 16.1 Å². The smallest absolute Gasteiger partial charge is 0.267 e. The van der Waals surface area contributed by atoms with Gasteiger partial charge in [0.1, 0.15) is 9.88 Å². The fourth-order valence-corrected chi connectivity index (χ4v) is 3.87. The lowest BCUT2D eigenvalue weighted by Crippen LogP contribution is -2.42. The molecule has 0 aliphatic heterocycles. The topological polar surface area (TPSA) is 71.1 Å². The molecular formula is C20H21N3O2S2. The van der Waals surface area contributed by atoms with Crippen LogP contribution < -0.4 is 10.6 Å². The van der Waals surface area contributed by atoms with E-state index in [1.807, 2.05) is 38.3 Å². The minimum atomic E-state index is -0.254. The van der Waals surface area contributed by atoms with Gasteiger partial charge in [-0.2, -0.15) is 0 Å². The Morgan fingerprint density at radius 3 is 2.48 bits per heavy atom. The third-order valence-corrected chi connectivity index (χ3v) is 6.24. The zero-order valence-electron chi connectivity index (χ0n) is 15.4. The van der Waals surface area contributed by atoms with Crippen LogP contribution in [0.25, 0.3) is 9.88 Å². The minimum absolute atomic E-state index is 0.122. The largest absolute Gasteiger partial charge is 0.347 e. The van der Waals surface area contributed by atoms with Crippen molar-refractivity contribution in [1.82, 2.24) is 10.3 Å². The number of hydrogen-bond donors (Lipinski definition) is 2. The van der Waals surface area contributed by atoms with E-state index in [1.54, 1.807) is 41.8 Å². The minimum Gasteiger partial charge on any atom is -0.347 e. The molecule has 0 saturated heterocycles. The highest BCUT2D eigenvalue weighted by Gasteiger charge is 2.19. The van der Waals surface area contributed by atoms with Gasteiger partial charge in [0.15, 0.2) is 0 Å². The molecule has 7 heteroatoms. The normalized spacial score (nSPS) is 11.2. The second-order valence-corrected chi connectivity index (χ2v) is 8.71. The molecule has 2 heterocycles. The fraction of sp³-hybridized carbons (Fsp3) is 0.250. The number of carbonyl (C=O) groups excluding carboxylic acids is 2. The number of aromatic nitrogens is 1. The number of rotatable bonds is 6. The Bertz CT molecular complexity index is 929. The molecule has 5 nitrogen and oxygen atoms in total. The maximum Gasteiger partial charge on any atom is 0.267 e. The Kier molecular flexibility index (Phi) is 5.72. The van der Waals surface area contributed by atoms with Crippen molar-refractivity contribution in [2.75, 3.05) is 5.32 Å². The number of thiophene rings is 1. The molecule has 140 valence electrons. The Hall–Kier alpha value is -2.51. The van der Waals surface area contributed by atoms with Crippen LogP contribution in [0, 0.1) is 0 Å². The van der Waals surface area contributed by atoms with E-state index in [-0.39, 0.29) is 17.4 Å². The third kappa shape index (κ3) is 4.81. The summed E-state index contributed by atoms with van der Waals surface area (Å²) < 4.78 is 0. The van der Waals surface area contributed by atoms with E-state index in [0.717, 1.165) is 16.3 Å². The quantitative estimate of drug-likeness (QED) is 0.610. The van der Waals surface area contributed by atoms with Crippen molar-refractivity contribution in [3.05, 3.63) is 58.4 Å². The van der Waals surface area contributed by atoms with Gasteiger partial charge in [-0.15, -0.1) is 22.7 Å². The van der Waals surface area contributed by atoms with Crippen molar-refractivity contribution in [3.8, 4) is 9.88 Å². The van der Waals surface area contributed by atoms with E-state index in [1.165, 1.54) is 11.3 Å². The zero-order chi connectivity index (χ0) is 19.4. The number of carbonyl (C=O) groups is 2. The summed E-state index contributed by atoms with van der Waals surface area (Å²) in [6, 6.07) is 10.8. The molecule has 3 rings (SSSR count). The molecule has 0 aliphatic rings. The van der Waals surface area contributed by atoms with Gasteiger partial charge in [0.25, 0.3) is 11.8 Å². The van der Waals surface area contributed by atoms with Crippen LogP contribution in [0.1, 0.15) is 47.2 Å². The maximum atomic E-state index is 12.4. The van der Waals surface area contributed by atoms with Gasteiger partial charge in [-0.1, -0.05) is 13.0 Å². The van der Waals surface area contributed by atoms with Crippen molar-refractivity contribution < 1.29 is 9.59 Å². The van der Waals surface area contributed by atoms with E-state index in [2.05, 4.69) is 15.6 Å². The van der Waals surface area contributed by atoms with Crippen LogP contribution in [0.15, 0.2) is 48.0 Å². The fourth-order valence-electron chi connectivity index (χ4n) is 2.26. The summed E-state index contributed by atoms with van der Waals surface area (Å²) in [5, 5.41) is 8.65. The Balaban J connectivity index is 1.64. The van der Waals surface area contributed by atoms with Crippen molar-refractivity contribution in [1.29, 1.82) is 0 Å². The molecule has 0 bridgehead atoms. The first-order valence-electron chi connectivity index (χ1n) is 8.61. The maximum absolute atomic E-state index is 12.4. The molecule has 0 atom stereocenters. The van der Waals surface area contributed by atoms with Gasteiger partial charge in [0, 0.05) is 16.8 Å². The summed E-state index contributed by atoms with van der Waals surface area (Å²) in [6.07, 6.45) is 2.43. The summed E-state index contributed by atoms with van der Waals surface area (Å²) in [5.74, 6) is -0.331. The van der Waals surface area contributed by atoms with Crippen molar-refractivity contribution >= 4 is 40.2 Å². The third-order valence-electron chi connectivity index (χ3n) is 4.20. The molecule has 2 aromatic heterocycles. The summed E-state index contributed by atoms with van der Waals surface area (Å²) in [7, 11) is 0. The van der Waals surface area contributed by atoms with Gasteiger partial charge in [-0.05, 0) is 56.0 Å². The first kappa shape index (κ1) is 19.3. The molecule has 0 aliphatic carbocycles. The summed E-state index contributed by atoms with van der Waals surface area (Å²) in [5.41, 5.74) is 0.945. The number of nitrogens with zero attached hydrogens (tertiary/aromatic N) is 1. The van der Waals surface area contributed by atoms with Gasteiger partial charge < -0.3 is 10.6 Å². The van der Waals surface area contributed by atoms with Crippen molar-refractivity contribution in [2.24, 2.45) is 0 Å². The second-order valence-electron chi connectivity index (χ2n) is 6.73. The number of thiazole rings is 1. The average Bonchev–Trinajstić information content (AvgIpc) is 3.33. The summed E-state index contributed by atoms with van der Waals surface area (Å²) in [4.78, 5) is 30.6. The van der Waals surface area contributed by atoms with Crippen molar-refractivity contribution in [3.63, 3.8) is 0 Å². The van der Waals surface area contributed by atoms with E-state index < -0.39 is 0 Å². The molecule has 0 saturated carbocycles. The first-order valence-corrected chi connectivity index (χ1v) is 10.3. The molecule has 3 aromatic rings. The van der Waals surface area contributed by atoms with Crippen LogP contribution in [0.2, 0.25) is 0 Å². The monoisotopic (exact) mass is 399 g/mol. The Labute approximate surface area is 166 Å². The number of hydrogen-bond acceptors (Lipinski definition) is 5. The molecule has 27 heavy (non-hydrogen) atoms. The van der Waals surface area contributed by atoms with Gasteiger partial charge in [0.2, 0.25) is 0 Å². The van der Waals surface area contributed by atoms with E-state index in [9.17, 15) is 9.59 Å². The molecular weight excluding hydrogens is 378 g/mol. The van der Waals surface area contributed by atoms with Crippen molar-refractivity contribution in [2.45, 2.75) is 32.7 Å². The van der Waals surface area contributed by atoms with Crippen LogP contribution in [0.5, 0.6) is 0 Å². The predicted octanol–water partition coefficient (Wildman–Crippen LogP) is 5.04. The number of anilines is 1. The van der Waals surface area contributed by atoms with Gasteiger partial charge >= 0.3 is 0 Å². The Morgan fingerprint density at radius 2 is 1.85 bits per heavy atom. The van der Waals surface area contributed by atoms with Crippen LogP contribution in [-0.4, -0.2) is 22.3 Å². The number of nitrogens with one attached hydrogen (secondary N) is 2. The highest BCUT2D eigenvalue weighted by molar-refractivity contribution is 7.22. The van der Waals surface area contributed by atoms with Crippen LogP contribution in [0.3, 0.4) is 0 Å². The number of amides is 2. The summed E-state index contributed by atoms with van der Waals surface area (Å²) >= 11 is 2.95. The molecule has 0 unspecified atom stereocenters. The SMILES string of the molecule is CCC(C)(C)NC(=O)c1ccc(NC(=O)c2cnc(-c3cccs3)s2)cc1. The first-order chi connectivity index (χ1) is 12.9. The zero-order valence-corrected chi connectivity index (χ0v) is 17.0. The lowest BCUT2D eigenvalue weighted by molar-refractivity contribution is 0.0911. The molecule has 0 spiro atoms. The van der Waals surface area contributed by atoms with E-state index >= 15 is 0 Å². The van der Waals surface area contributed by atoms with Crippen LogP contribution in [-0.2, 0) is 0 Å².